The fourth-order valence-electron chi connectivity index (χ4n) is 4.11. The third kappa shape index (κ3) is 11.6. The van der Waals surface area contributed by atoms with Crippen molar-refractivity contribution in [1.29, 1.82) is 0 Å². The lowest BCUT2D eigenvalue weighted by molar-refractivity contribution is -0.144. The molecule has 0 saturated carbocycles. The van der Waals surface area contributed by atoms with E-state index in [1.165, 1.54) is 18.5 Å². The molecule has 0 aromatic heterocycles. The summed E-state index contributed by atoms with van der Waals surface area (Å²) in [5.74, 6) is -0.793. The molecule has 2 atom stereocenters. The van der Waals surface area contributed by atoms with Crippen LogP contribution in [0.25, 0.3) is 0 Å². The zero-order valence-electron chi connectivity index (χ0n) is 22.0. The summed E-state index contributed by atoms with van der Waals surface area (Å²) in [6, 6.07) is 17.1. The van der Waals surface area contributed by atoms with Gasteiger partial charge in [-0.05, 0) is 43.4 Å². The summed E-state index contributed by atoms with van der Waals surface area (Å²) in [5, 5.41) is 3.03. The topological polar surface area (TPSA) is 136 Å². The Bertz CT molecular complexity index is 1250. The van der Waals surface area contributed by atoms with Gasteiger partial charge in [-0.1, -0.05) is 60.7 Å². The van der Waals surface area contributed by atoms with E-state index in [0.29, 0.717) is 24.9 Å². The summed E-state index contributed by atoms with van der Waals surface area (Å²) < 4.78 is 56.3. The highest BCUT2D eigenvalue weighted by atomic mass is 35.7. The van der Waals surface area contributed by atoms with Crippen molar-refractivity contribution in [1.82, 2.24) is 9.62 Å². The van der Waals surface area contributed by atoms with Gasteiger partial charge in [-0.15, -0.1) is 0 Å². The van der Waals surface area contributed by atoms with E-state index in [4.69, 9.17) is 10.7 Å². The third-order valence-corrected chi connectivity index (χ3v) is 8.81. The maximum absolute atomic E-state index is 12.4. The van der Waals surface area contributed by atoms with E-state index in [-0.39, 0.29) is 23.5 Å². The maximum Gasteiger partial charge on any atom is 0.324 e. The summed E-state index contributed by atoms with van der Waals surface area (Å²) in [6.07, 6.45) is 3.22. The number of hydrogen-bond acceptors (Lipinski definition) is 9. The lowest BCUT2D eigenvalue weighted by Crippen LogP contribution is -2.41. The summed E-state index contributed by atoms with van der Waals surface area (Å²) in [4.78, 5) is 22.3. The van der Waals surface area contributed by atoms with Gasteiger partial charge in [0.25, 0.3) is 0 Å². The van der Waals surface area contributed by atoms with Gasteiger partial charge in [0.05, 0.1) is 25.7 Å². The minimum atomic E-state index is -3.48. The molecule has 2 fully saturated rings. The molecule has 0 spiro atoms. The molecular weight excluding hydrogens is 568 g/mol. The average molecular weight is 603 g/mol. The summed E-state index contributed by atoms with van der Waals surface area (Å²) in [7, 11) is 0.849. The fourth-order valence-corrected chi connectivity index (χ4v) is 6.85. The van der Waals surface area contributed by atoms with Crippen LogP contribution >= 0.6 is 10.7 Å². The Morgan fingerprint density at radius 3 is 1.85 bits per heavy atom. The summed E-state index contributed by atoms with van der Waals surface area (Å²) in [6.45, 7) is 1.33. The monoisotopic (exact) mass is 602 g/mol. The van der Waals surface area contributed by atoms with Gasteiger partial charge in [0.1, 0.15) is 12.1 Å². The number of carbonyl (C=O) groups excluding carboxylic acids is 2. The first-order valence-corrected chi connectivity index (χ1v) is 16.4. The normalized spacial score (nSPS) is 19.2. The van der Waals surface area contributed by atoms with Crippen LogP contribution in [0, 0.1) is 0 Å². The standard InChI is InChI=1S/C13H17NO4S.C7H7ClO2S.C6H11NO2/c1-18-13(15)12-8-5-9-14(12)19(16,17)10-11-6-3-2-4-7-11;8-11(9,10)6-7-4-2-1-3-5-7;1-9-6(8)5-3-2-4-7-5/h2-4,6-7,12H,5,8-10H2,1H3;1-5H,6H2;5,7H,2-4H2,1H3/t12-;;5-/m0.0/s1. The maximum atomic E-state index is 12.4. The molecule has 2 heterocycles. The van der Waals surface area contributed by atoms with Crippen LogP contribution in [0.1, 0.15) is 36.8 Å². The highest BCUT2D eigenvalue weighted by molar-refractivity contribution is 8.13. The Morgan fingerprint density at radius 2 is 1.38 bits per heavy atom. The van der Waals surface area contributed by atoms with Crippen molar-refractivity contribution in [2.75, 3.05) is 27.3 Å². The second kappa shape index (κ2) is 15.9. The van der Waals surface area contributed by atoms with Crippen LogP contribution in [-0.2, 0) is 49.6 Å². The summed E-state index contributed by atoms with van der Waals surface area (Å²) in [5.41, 5.74) is 1.43. The molecule has 0 radical (unpaired) electrons. The zero-order valence-corrected chi connectivity index (χ0v) is 24.4. The smallest absolute Gasteiger partial charge is 0.324 e. The van der Waals surface area contributed by atoms with Gasteiger partial charge < -0.3 is 14.8 Å². The van der Waals surface area contributed by atoms with Gasteiger partial charge in [0, 0.05) is 17.2 Å². The number of ether oxygens (including phenoxy) is 2. The molecule has 10 nitrogen and oxygen atoms in total. The molecule has 0 bridgehead atoms. The van der Waals surface area contributed by atoms with E-state index in [9.17, 15) is 26.4 Å². The Kier molecular flexibility index (Phi) is 13.4. The second-order valence-corrected chi connectivity index (χ2v) is 13.6. The van der Waals surface area contributed by atoms with Crippen molar-refractivity contribution >= 4 is 41.7 Å². The van der Waals surface area contributed by atoms with Gasteiger partial charge in [-0.2, -0.15) is 4.31 Å². The van der Waals surface area contributed by atoms with Crippen LogP contribution < -0.4 is 5.32 Å². The number of esters is 2. The number of carbonyl (C=O) groups is 2. The minimum Gasteiger partial charge on any atom is -0.468 e. The van der Waals surface area contributed by atoms with Crippen LogP contribution in [0.2, 0.25) is 0 Å². The molecule has 2 aromatic carbocycles. The van der Waals surface area contributed by atoms with Crippen LogP contribution in [0.15, 0.2) is 60.7 Å². The van der Waals surface area contributed by atoms with Crippen LogP contribution in [0.4, 0.5) is 0 Å². The molecule has 4 rings (SSSR count). The van der Waals surface area contributed by atoms with E-state index in [1.807, 2.05) is 12.1 Å². The van der Waals surface area contributed by atoms with Gasteiger partial charge in [-0.3, -0.25) is 9.59 Å². The first-order valence-electron chi connectivity index (χ1n) is 12.4. The molecule has 39 heavy (non-hydrogen) atoms. The van der Waals surface area contributed by atoms with Gasteiger partial charge in [0.2, 0.25) is 19.1 Å². The lowest BCUT2D eigenvalue weighted by Gasteiger charge is -2.22. The number of benzene rings is 2. The third-order valence-electron chi connectivity index (χ3n) is 5.95. The molecule has 2 aromatic rings. The zero-order chi connectivity index (χ0) is 28.9. The molecule has 0 unspecified atom stereocenters. The molecule has 1 N–H and O–H groups in total. The molecule has 2 saturated heterocycles. The predicted octanol–water partition coefficient (Wildman–Crippen LogP) is 2.82. The Balaban J connectivity index is 0.000000226. The quantitative estimate of drug-likeness (QED) is 0.375. The molecule has 216 valence electrons. The fraction of sp³-hybridized carbons (Fsp3) is 0.462. The van der Waals surface area contributed by atoms with Crippen LogP contribution in [0.5, 0.6) is 0 Å². The van der Waals surface area contributed by atoms with Gasteiger partial charge in [-0.25, -0.2) is 16.8 Å². The van der Waals surface area contributed by atoms with E-state index in [0.717, 1.165) is 24.9 Å². The van der Waals surface area contributed by atoms with Crippen molar-refractivity contribution in [3.63, 3.8) is 0 Å². The number of rotatable bonds is 7. The number of hydrogen-bond donors (Lipinski definition) is 1. The van der Waals surface area contributed by atoms with Crippen molar-refractivity contribution in [2.45, 2.75) is 49.3 Å². The first-order chi connectivity index (χ1) is 18.5. The highest BCUT2D eigenvalue weighted by Crippen LogP contribution is 2.24. The number of nitrogens with one attached hydrogen (secondary N) is 1. The number of methoxy groups -OCH3 is 2. The van der Waals surface area contributed by atoms with Crippen LogP contribution in [0.3, 0.4) is 0 Å². The average Bonchev–Trinajstić information content (AvgIpc) is 3.62. The molecular formula is C26H35ClN2O8S2. The Hall–Kier alpha value is -2.51. The lowest BCUT2D eigenvalue weighted by atomic mass is 10.2. The first kappa shape index (κ1) is 32.7. The Morgan fingerprint density at radius 1 is 0.846 bits per heavy atom. The van der Waals surface area contributed by atoms with E-state index in [1.54, 1.807) is 48.5 Å². The predicted molar refractivity (Wildman–Crippen MR) is 149 cm³/mol. The van der Waals surface area contributed by atoms with Crippen molar-refractivity contribution < 1.29 is 35.9 Å². The van der Waals surface area contributed by atoms with E-state index in [2.05, 4.69) is 14.8 Å². The minimum absolute atomic E-state index is 0.0324. The molecule has 2 aliphatic rings. The summed E-state index contributed by atoms with van der Waals surface area (Å²) >= 11 is 0. The van der Waals surface area contributed by atoms with Crippen molar-refractivity contribution in [3.05, 3.63) is 71.8 Å². The molecule has 13 heteroatoms. The SMILES string of the molecule is COC(=O)[C@@H]1CCCN1.COC(=O)[C@@H]1CCCN1S(=O)(=O)Cc1ccccc1.O=S(=O)(Cl)Cc1ccccc1. The van der Waals surface area contributed by atoms with Crippen molar-refractivity contribution in [2.24, 2.45) is 0 Å². The highest BCUT2D eigenvalue weighted by Gasteiger charge is 2.39. The molecule has 0 amide bonds. The number of nitrogens with zero attached hydrogens (tertiary/aromatic N) is 1. The number of halogens is 1. The largest absolute Gasteiger partial charge is 0.468 e. The van der Waals surface area contributed by atoms with Gasteiger partial charge in [0.15, 0.2) is 0 Å². The van der Waals surface area contributed by atoms with E-state index < -0.39 is 31.1 Å². The number of sulfonamides is 1. The Labute approximate surface area is 235 Å². The second-order valence-electron chi connectivity index (χ2n) is 8.87. The van der Waals surface area contributed by atoms with Crippen molar-refractivity contribution in [3.8, 4) is 0 Å². The van der Waals surface area contributed by atoms with E-state index >= 15 is 0 Å². The molecule has 0 aliphatic carbocycles. The van der Waals surface area contributed by atoms with Crippen LogP contribution in [-0.4, -0.2) is 72.5 Å². The van der Waals surface area contributed by atoms with Gasteiger partial charge >= 0.3 is 11.9 Å². The molecule has 2 aliphatic heterocycles.